The Morgan fingerprint density at radius 3 is 3.05 bits per heavy atom. The monoisotopic (exact) mass is 262 g/mol. The van der Waals surface area contributed by atoms with Crippen LogP contribution in [0.25, 0.3) is 11.0 Å². The molecule has 0 aliphatic heterocycles. The van der Waals surface area contributed by atoms with Gasteiger partial charge in [0.1, 0.15) is 5.52 Å². The maximum atomic E-state index is 5.30. The molecule has 19 heavy (non-hydrogen) atoms. The van der Waals surface area contributed by atoms with Crippen LogP contribution in [0.2, 0.25) is 0 Å². The molecule has 0 radical (unpaired) electrons. The number of nitrogens with one attached hydrogen (secondary N) is 1. The fourth-order valence-corrected chi connectivity index (χ4v) is 2.05. The van der Waals surface area contributed by atoms with Gasteiger partial charge in [-0.05, 0) is 38.9 Å². The van der Waals surface area contributed by atoms with Crippen LogP contribution in [0.4, 0.5) is 0 Å². The average molecular weight is 262 g/mol. The normalized spacial score (nSPS) is 12.9. The lowest BCUT2D eigenvalue weighted by Gasteiger charge is -2.13. The Hall–Kier alpha value is -1.46. The van der Waals surface area contributed by atoms with Crippen molar-refractivity contribution in [2.24, 2.45) is 0 Å². The quantitative estimate of drug-likeness (QED) is 0.739. The number of para-hydroxylation sites is 1. The minimum atomic E-state index is 0.291. The zero-order chi connectivity index (χ0) is 13.5. The molecule has 0 saturated heterocycles. The second kappa shape index (κ2) is 7.21. The van der Waals surface area contributed by atoms with Gasteiger partial charge in [0.15, 0.2) is 0 Å². The number of ether oxygens (including phenoxy) is 1. The van der Waals surface area contributed by atoms with Gasteiger partial charge >= 0.3 is 0 Å². The molecule has 0 saturated carbocycles. The molecule has 1 N–H and O–H groups in total. The van der Waals surface area contributed by atoms with Gasteiger partial charge in [-0.15, -0.1) is 5.10 Å². The van der Waals surface area contributed by atoms with Crippen LogP contribution in [-0.2, 0) is 4.74 Å². The first-order valence-electron chi connectivity index (χ1n) is 6.91. The topological polar surface area (TPSA) is 52.0 Å². The van der Waals surface area contributed by atoms with Crippen molar-refractivity contribution in [2.75, 3.05) is 26.3 Å². The lowest BCUT2D eigenvalue weighted by atomic mass is 10.3. The Labute approximate surface area is 113 Å². The predicted octanol–water partition coefficient (Wildman–Crippen LogP) is 2.01. The number of nitrogens with zero attached hydrogens (tertiary/aromatic N) is 3. The third-order valence-electron chi connectivity index (χ3n) is 3.08. The maximum absolute atomic E-state index is 5.30. The summed E-state index contributed by atoms with van der Waals surface area (Å²) in [5.74, 6) is 0. The van der Waals surface area contributed by atoms with Crippen molar-refractivity contribution in [1.82, 2.24) is 20.3 Å². The fourth-order valence-electron chi connectivity index (χ4n) is 2.05. The Balaban J connectivity index is 1.81. The van der Waals surface area contributed by atoms with Crippen LogP contribution in [0.5, 0.6) is 0 Å². The Morgan fingerprint density at radius 2 is 2.21 bits per heavy atom. The Bertz CT molecular complexity index is 497. The van der Waals surface area contributed by atoms with Gasteiger partial charge < -0.3 is 10.1 Å². The SMILES string of the molecule is CCOCCCNCC(C)n1nnc2ccccc21. The summed E-state index contributed by atoms with van der Waals surface area (Å²) < 4.78 is 7.28. The summed E-state index contributed by atoms with van der Waals surface area (Å²) in [4.78, 5) is 0. The molecule has 0 fully saturated rings. The maximum Gasteiger partial charge on any atom is 0.113 e. The van der Waals surface area contributed by atoms with Crippen molar-refractivity contribution in [3.05, 3.63) is 24.3 Å². The lowest BCUT2D eigenvalue weighted by Crippen LogP contribution is -2.25. The van der Waals surface area contributed by atoms with E-state index < -0.39 is 0 Å². The summed E-state index contributed by atoms with van der Waals surface area (Å²) in [6.07, 6.45) is 1.04. The number of aromatic nitrogens is 3. The molecule has 1 heterocycles. The molecule has 0 aliphatic carbocycles. The summed E-state index contributed by atoms with van der Waals surface area (Å²) in [6.45, 7) is 7.64. The molecule has 1 unspecified atom stereocenters. The van der Waals surface area contributed by atoms with Crippen molar-refractivity contribution in [2.45, 2.75) is 26.3 Å². The first-order chi connectivity index (χ1) is 9.33. The zero-order valence-electron chi connectivity index (χ0n) is 11.7. The minimum absolute atomic E-state index is 0.291. The van der Waals surface area contributed by atoms with Crippen LogP contribution in [0.1, 0.15) is 26.3 Å². The van der Waals surface area contributed by atoms with Crippen LogP contribution in [0.15, 0.2) is 24.3 Å². The first kappa shape index (κ1) is 14.0. The highest BCUT2D eigenvalue weighted by molar-refractivity contribution is 5.73. The van der Waals surface area contributed by atoms with E-state index >= 15 is 0 Å². The standard InChI is InChI=1S/C14H22N4O/c1-3-19-10-6-9-15-11-12(2)18-14-8-5-4-7-13(14)16-17-18/h4-5,7-8,12,15H,3,6,9-11H2,1-2H3. The van der Waals surface area contributed by atoms with E-state index in [0.29, 0.717) is 6.04 Å². The van der Waals surface area contributed by atoms with Crippen LogP contribution < -0.4 is 5.32 Å². The number of fused-ring (bicyclic) bond motifs is 1. The molecule has 5 heteroatoms. The number of hydrogen-bond acceptors (Lipinski definition) is 4. The van der Waals surface area contributed by atoms with Gasteiger partial charge in [0.05, 0.1) is 11.6 Å². The summed E-state index contributed by atoms with van der Waals surface area (Å²) >= 11 is 0. The largest absolute Gasteiger partial charge is 0.382 e. The molecule has 1 aromatic carbocycles. The van der Waals surface area contributed by atoms with Gasteiger partial charge in [-0.3, -0.25) is 0 Å². The first-order valence-corrected chi connectivity index (χ1v) is 6.91. The predicted molar refractivity (Wildman–Crippen MR) is 76.2 cm³/mol. The van der Waals surface area contributed by atoms with E-state index in [9.17, 15) is 0 Å². The van der Waals surface area contributed by atoms with Crippen molar-refractivity contribution in [3.63, 3.8) is 0 Å². The summed E-state index contributed by atoms with van der Waals surface area (Å²) in [5.41, 5.74) is 2.04. The molecule has 1 aromatic heterocycles. The molecule has 0 spiro atoms. The van der Waals surface area contributed by atoms with E-state index in [0.717, 1.165) is 43.8 Å². The second-order valence-electron chi connectivity index (χ2n) is 4.63. The van der Waals surface area contributed by atoms with Gasteiger partial charge in [0.2, 0.25) is 0 Å². The molecule has 5 nitrogen and oxygen atoms in total. The van der Waals surface area contributed by atoms with Gasteiger partial charge in [-0.2, -0.15) is 0 Å². The molecule has 2 rings (SSSR count). The molecule has 0 aliphatic rings. The highest BCUT2D eigenvalue weighted by atomic mass is 16.5. The number of benzene rings is 1. The molecule has 104 valence electrons. The van der Waals surface area contributed by atoms with Gasteiger partial charge in [-0.1, -0.05) is 17.3 Å². The minimum Gasteiger partial charge on any atom is -0.382 e. The average Bonchev–Trinajstić information content (AvgIpc) is 2.86. The Kier molecular flexibility index (Phi) is 5.30. The summed E-state index contributed by atoms with van der Waals surface area (Å²) in [7, 11) is 0. The highest BCUT2D eigenvalue weighted by Crippen LogP contribution is 2.14. The van der Waals surface area contributed by atoms with Gasteiger partial charge in [0, 0.05) is 19.8 Å². The fraction of sp³-hybridized carbons (Fsp3) is 0.571. The third-order valence-corrected chi connectivity index (χ3v) is 3.08. The molecule has 2 aromatic rings. The van der Waals surface area contributed by atoms with E-state index in [2.05, 4.69) is 28.6 Å². The van der Waals surface area contributed by atoms with Crippen LogP contribution in [0.3, 0.4) is 0 Å². The van der Waals surface area contributed by atoms with Crippen molar-refractivity contribution in [1.29, 1.82) is 0 Å². The van der Waals surface area contributed by atoms with E-state index in [1.54, 1.807) is 0 Å². The molecule has 0 amide bonds. The smallest absolute Gasteiger partial charge is 0.113 e. The third kappa shape index (κ3) is 3.75. The molecular weight excluding hydrogens is 240 g/mol. The van der Waals surface area contributed by atoms with Crippen molar-refractivity contribution >= 4 is 11.0 Å². The van der Waals surface area contributed by atoms with Gasteiger partial charge in [0.25, 0.3) is 0 Å². The van der Waals surface area contributed by atoms with Crippen LogP contribution in [0, 0.1) is 0 Å². The highest BCUT2D eigenvalue weighted by Gasteiger charge is 2.09. The Morgan fingerprint density at radius 1 is 1.37 bits per heavy atom. The summed E-state index contributed by atoms with van der Waals surface area (Å²) in [6, 6.07) is 8.34. The molecular formula is C14H22N4O. The zero-order valence-corrected chi connectivity index (χ0v) is 11.7. The van der Waals surface area contributed by atoms with Crippen LogP contribution >= 0.6 is 0 Å². The van der Waals surface area contributed by atoms with Crippen LogP contribution in [-0.4, -0.2) is 41.3 Å². The summed E-state index contributed by atoms with van der Waals surface area (Å²) in [5, 5.41) is 11.8. The van der Waals surface area contributed by atoms with E-state index in [4.69, 9.17) is 4.74 Å². The van der Waals surface area contributed by atoms with Crippen molar-refractivity contribution < 1.29 is 4.74 Å². The van der Waals surface area contributed by atoms with E-state index in [1.165, 1.54) is 0 Å². The molecule has 1 atom stereocenters. The number of rotatable bonds is 8. The number of hydrogen-bond donors (Lipinski definition) is 1. The lowest BCUT2D eigenvalue weighted by molar-refractivity contribution is 0.144. The van der Waals surface area contributed by atoms with E-state index in [1.807, 2.05) is 29.8 Å². The van der Waals surface area contributed by atoms with E-state index in [-0.39, 0.29) is 0 Å². The van der Waals surface area contributed by atoms with Gasteiger partial charge in [-0.25, -0.2) is 4.68 Å². The van der Waals surface area contributed by atoms with Crippen molar-refractivity contribution in [3.8, 4) is 0 Å². The molecule has 0 bridgehead atoms. The second-order valence-corrected chi connectivity index (χ2v) is 4.63.